The number of hydrogen-bond donors (Lipinski definition) is 0. The van der Waals surface area contributed by atoms with E-state index in [1.54, 1.807) is 0 Å². The predicted octanol–water partition coefficient (Wildman–Crippen LogP) is 4.77. The average Bonchev–Trinajstić information content (AvgIpc) is 2.97. The summed E-state index contributed by atoms with van der Waals surface area (Å²) in [5, 5.41) is 4.87. The summed E-state index contributed by atoms with van der Waals surface area (Å²) in [5.41, 5.74) is 4.10. The van der Waals surface area contributed by atoms with Crippen LogP contribution in [0.5, 0.6) is 0 Å². The minimum absolute atomic E-state index is 0.657. The van der Waals surface area contributed by atoms with Gasteiger partial charge in [0.1, 0.15) is 0 Å². The summed E-state index contributed by atoms with van der Waals surface area (Å²) in [4.78, 5) is 0. The van der Waals surface area contributed by atoms with Crippen molar-refractivity contribution in [2.45, 2.75) is 12.8 Å². The maximum Gasteiger partial charge on any atom is 0.280 e. The standard InChI is InChI=1S/C32H34O2Si2/c1-3-35(29-19-9-5-10-20-29,30-21-11-6-12-22-30)33-27-17-18-28-34-36(4-2,31-23-13-7-14-24-31)32-25-15-8-16-26-32/h3-16,19-26H,1-2,17-18,27-28H2. The van der Waals surface area contributed by atoms with Gasteiger partial charge in [-0.3, -0.25) is 0 Å². The lowest BCUT2D eigenvalue weighted by molar-refractivity contribution is 0.269. The van der Waals surface area contributed by atoms with Gasteiger partial charge in [-0.2, -0.15) is 0 Å². The van der Waals surface area contributed by atoms with Crippen molar-refractivity contribution in [3.8, 4) is 0 Å². The Morgan fingerprint density at radius 1 is 0.444 bits per heavy atom. The summed E-state index contributed by atoms with van der Waals surface area (Å²) in [6, 6.07) is 42.1. The van der Waals surface area contributed by atoms with Gasteiger partial charge in [0.15, 0.2) is 0 Å². The highest BCUT2D eigenvalue weighted by Gasteiger charge is 2.37. The molecule has 0 unspecified atom stereocenters. The summed E-state index contributed by atoms with van der Waals surface area (Å²) in [6.07, 6.45) is 1.82. The molecule has 0 aliphatic rings. The van der Waals surface area contributed by atoms with E-state index in [2.05, 4.69) is 122 Å². The molecule has 0 aliphatic carbocycles. The summed E-state index contributed by atoms with van der Waals surface area (Å²) < 4.78 is 13.5. The van der Waals surface area contributed by atoms with Crippen LogP contribution >= 0.6 is 0 Å². The van der Waals surface area contributed by atoms with Gasteiger partial charge < -0.3 is 8.85 Å². The number of unbranched alkanes of at least 4 members (excludes halogenated alkanes) is 1. The van der Waals surface area contributed by atoms with Crippen LogP contribution in [0.2, 0.25) is 0 Å². The molecule has 0 saturated carbocycles. The van der Waals surface area contributed by atoms with E-state index in [-0.39, 0.29) is 0 Å². The van der Waals surface area contributed by atoms with Crippen LogP contribution < -0.4 is 20.7 Å². The fraction of sp³-hybridized carbons (Fsp3) is 0.125. The second-order valence-electron chi connectivity index (χ2n) is 8.75. The first-order valence-electron chi connectivity index (χ1n) is 12.5. The van der Waals surface area contributed by atoms with Crippen LogP contribution in [0.25, 0.3) is 0 Å². The van der Waals surface area contributed by atoms with Crippen LogP contribution in [0.4, 0.5) is 0 Å². The van der Waals surface area contributed by atoms with Gasteiger partial charge in [-0.05, 0) is 33.6 Å². The Labute approximate surface area is 217 Å². The minimum atomic E-state index is -2.52. The SMILES string of the molecule is C=C[Si](OCCCCO[Si](C=C)(c1ccccc1)c1ccccc1)(c1ccccc1)c1ccccc1. The molecule has 2 nitrogen and oxygen atoms in total. The van der Waals surface area contributed by atoms with Gasteiger partial charge in [-0.15, -0.1) is 13.2 Å². The van der Waals surface area contributed by atoms with E-state index in [0.717, 1.165) is 12.8 Å². The third kappa shape index (κ3) is 5.58. The van der Waals surface area contributed by atoms with E-state index in [1.807, 2.05) is 24.3 Å². The van der Waals surface area contributed by atoms with Crippen molar-refractivity contribution in [1.82, 2.24) is 0 Å². The minimum Gasteiger partial charge on any atom is -0.405 e. The highest BCUT2D eigenvalue weighted by molar-refractivity contribution is 7.01. The zero-order valence-corrected chi connectivity index (χ0v) is 22.8. The predicted molar refractivity (Wildman–Crippen MR) is 157 cm³/mol. The molecule has 4 rings (SSSR count). The van der Waals surface area contributed by atoms with Crippen LogP contribution in [0.3, 0.4) is 0 Å². The van der Waals surface area contributed by atoms with E-state index >= 15 is 0 Å². The summed E-state index contributed by atoms with van der Waals surface area (Å²) in [5.74, 6) is 0. The lowest BCUT2D eigenvalue weighted by Crippen LogP contribution is -2.60. The number of benzene rings is 4. The Morgan fingerprint density at radius 2 is 0.694 bits per heavy atom. The quantitative estimate of drug-likeness (QED) is 0.192. The lowest BCUT2D eigenvalue weighted by Gasteiger charge is -2.30. The Balaban J connectivity index is 1.44. The number of hydrogen-bond acceptors (Lipinski definition) is 2. The Bertz CT molecular complexity index is 1030. The molecule has 0 aromatic heterocycles. The van der Waals surface area contributed by atoms with Crippen molar-refractivity contribution in [3.63, 3.8) is 0 Å². The van der Waals surface area contributed by atoms with Crippen molar-refractivity contribution < 1.29 is 8.85 Å². The molecule has 4 aromatic carbocycles. The molecular weight excluding hydrogens is 473 g/mol. The molecule has 0 bridgehead atoms. The highest BCUT2D eigenvalue weighted by atomic mass is 28.4. The zero-order chi connectivity index (χ0) is 25.1. The van der Waals surface area contributed by atoms with Crippen molar-refractivity contribution in [2.75, 3.05) is 13.2 Å². The highest BCUT2D eigenvalue weighted by Crippen LogP contribution is 2.13. The second-order valence-corrected chi connectivity index (χ2v) is 15.4. The van der Waals surface area contributed by atoms with Crippen LogP contribution in [0.15, 0.2) is 146 Å². The second kappa shape index (κ2) is 12.6. The van der Waals surface area contributed by atoms with Gasteiger partial charge in [0.25, 0.3) is 16.6 Å². The van der Waals surface area contributed by atoms with Gasteiger partial charge in [0.05, 0.1) is 0 Å². The van der Waals surface area contributed by atoms with E-state index in [0.29, 0.717) is 13.2 Å². The summed E-state index contributed by atoms with van der Waals surface area (Å²) in [7, 11) is -5.03. The average molecular weight is 507 g/mol. The Hall–Kier alpha value is -3.29. The smallest absolute Gasteiger partial charge is 0.280 e. The van der Waals surface area contributed by atoms with Gasteiger partial charge >= 0.3 is 0 Å². The lowest BCUT2D eigenvalue weighted by atomic mass is 10.3. The van der Waals surface area contributed by atoms with E-state index < -0.39 is 16.6 Å². The third-order valence-corrected chi connectivity index (χ3v) is 13.8. The topological polar surface area (TPSA) is 18.5 Å². The first-order chi connectivity index (χ1) is 17.7. The van der Waals surface area contributed by atoms with Gasteiger partial charge in [0, 0.05) is 13.2 Å². The fourth-order valence-electron chi connectivity index (χ4n) is 4.67. The zero-order valence-electron chi connectivity index (χ0n) is 20.8. The third-order valence-electron chi connectivity index (χ3n) is 6.58. The maximum atomic E-state index is 6.74. The fourth-order valence-corrected chi connectivity index (χ4v) is 10.9. The normalized spacial score (nSPS) is 11.7. The molecular formula is C32H34O2Si2. The first kappa shape index (κ1) is 25.8. The van der Waals surface area contributed by atoms with Gasteiger partial charge in [-0.1, -0.05) is 133 Å². The first-order valence-corrected chi connectivity index (χ1v) is 16.5. The molecule has 0 radical (unpaired) electrons. The van der Waals surface area contributed by atoms with Gasteiger partial charge in [-0.25, -0.2) is 0 Å². The largest absolute Gasteiger partial charge is 0.405 e. The molecule has 0 aliphatic heterocycles. The van der Waals surface area contributed by atoms with E-state index in [1.165, 1.54) is 20.7 Å². The molecule has 0 heterocycles. The molecule has 4 heteroatoms. The van der Waals surface area contributed by atoms with Gasteiger partial charge in [0.2, 0.25) is 0 Å². The van der Waals surface area contributed by atoms with Crippen LogP contribution in [0, 0.1) is 0 Å². The van der Waals surface area contributed by atoms with Crippen molar-refractivity contribution in [2.24, 2.45) is 0 Å². The molecule has 0 spiro atoms. The molecule has 0 fully saturated rings. The molecule has 0 saturated heterocycles. The summed E-state index contributed by atoms with van der Waals surface area (Å²) in [6.45, 7) is 9.75. The van der Waals surface area contributed by atoms with Crippen LogP contribution in [-0.2, 0) is 8.85 Å². The molecule has 4 aromatic rings. The van der Waals surface area contributed by atoms with E-state index in [4.69, 9.17) is 8.85 Å². The monoisotopic (exact) mass is 506 g/mol. The van der Waals surface area contributed by atoms with Crippen LogP contribution in [0.1, 0.15) is 12.8 Å². The summed E-state index contributed by atoms with van der Waals surface area (Å²) >= 11 is 0. The number of rotatable bonds is 13. The molecule has 36 heavy (non-hydrogen) atoms. The van der Waals surface area contributed by atoms with Crippen molar-refractivity contribution >= 4 is 37.4 Å². The molecule has 182 valence electrons. The Kier molecular flexibility index (Phi) is 9.03. The maximum absolute atomic E-state index is 6.74. The Morgan fingerprint density at radius 3 is 0.917 bits per heavy atom. The molecule has 0 atom stereocenters. The molecule has 0 N–H and O–H groups in total. The van der Waals surface area contributed by atoms with Crippen molar-refractivity contribution in [3.05, 3.63) is 146 Å². The molecule has 0 amide bonds. The van der Waals surface area contributed by atoms with Crippen molar-refractivity contribution in [1.29, 1.82) is 0 Å². The van der Waals surface area contributed by atoms with E-state index in [9.17, 15) is 0 Å². The van der Waals surface area contributed by atoms with Crippen LogP contribution in [-0.4, -0.2) is 29.8 Å².